The number of nitrogens with zero attached hydrogens (tertiary/aromatic N) is 1. The SMILES string of the molecule is C[C@@H](NC(=O)COC(=O)Cc1ccccc1[N+](=O)[O-])C12CC3CC(CC(C3)C1)C2. The van der Waals surface area contributed by atoms with Crippen LogP contribution in [-0.2, 0) is 20.7 Å². The van der Waals surface area contributed by atoms with E-state index in [1.54, 1.807) is 12.1 Å². The van der Waals surface area contributed by atoms with Crippen LogP contribution in [-0.4, -0.2) is 29.4 Å². The Morgan fingerprint density at radius 1 is 1.17 bits per heavy atom. The van der Waals surface area contributed by atoms with Crippen molar-refractivity contribution in [2.45, 2.75) is 57.9 Å². The van der Waals surface area contributed by atoms with Crippen LogP contribution in [0.25, 0.3) is 0 Å². The monoisotopic (exact) mass is 400 g/mol. The predicted molar refractivity (Wildman–Crippen MR) is 106 cm³/mol. The van der Waals surface area contributed by atoms with E-state index < -0.39 is 10.9 Å². The van der Waals surface area contributed by atoms with Crippen LogP contribution in [0.5, 0.6) is 0 Å². The van der Waals surface area contributed by atoms with E-state index >= 15 is 0 Å². The van der Waals surface area contributed by atoms with Crippen LogP contribution in [0.2, 0.25) is 0 Å². The van der Waals surface area contributed by atoms with Gasteiger partial charge in [-0.05, 0) is 68.6 Å². The summed E-state index contributed by atoms with van der Waals surface area (Å²) in [5, 5.41) is 14.1. The molecule has 1 amide bonds. The molecule has 4 bridgehead atoms. The van der Waals surface area contributed by atoms with Crippen LogP contribution < -0.4 is 5.32 Å². The van der Waals surface area contributed by atoms with Crippen molar-refractivity contribution in [1.82, 2.24) is 5.32 Å². The summed E-state index contributed by atoms with van der Waals surface area (Å²) < 4.78 is 5.09. The zero-order valence-corrected chi connectivity index (χ0v) is 16.8. The first kappa shape index (κ1) is 19.9. The number of nitro groups is 1. The first-order valence-corrected chi connectivity index (χ1v) is 10.5. The van der Waals surface area contributed by atoms with Gasteiger partial charge >= 0.3 is 5.97 Å². The topological polar surface area (TPSA) is 98.5 Å². The second-order valence-corrected chi connectivity index (χ2v) is 9.29. The van der Waals surface area contributed by atoms with Crippen molar-refractivity contribution in [3.63, 3.8) is 0 Å². The fourth-order valence-electron chi connectivity index (χ4n) is 6.34. The number of hydrogen-bond donors (Lipinski definition) is 1. The number of benzene rings is 1. The lowest BCUT2D eigenvalue weighted by Crippen LogP contribution is -2.56. The van der Waals surface area contributed by atoms with Crippen LogP contribution in [0, 0.1) is 33.3 Å². The molecular weight excluding hydrogens is 372 g/mol. The second kappa shape index (κ2) is 7.76. The number of ether oxygens (including phenoxy) is 1. The number of hydrogen-bond acceptors (Lipinski definition) is 5. The summed E-state index contributed by atoms with van der Waals surface area (Å²) in [6.07, 6.45) is 7.40. The molecule has 0 spiro atoms. The summed E-state index contributed by atoms with van der Waals surface area (Å²) in [5.74, 6) is 1.47. The maximum atomic E-state index is 12.4. The molecule has 7 nitrogen and oxygen atoms in total. The van der Waals surface area contributed by atoms with Gasteiger partial charge in [-0.2, -0.15) is 0 Å². The Labute approximate surface area is 170 Å². The molecule has 1 aromatic carbocycles. The highest BCUT2D eigenvalue weighted by atomic mass is 16.6. The standard InChI is InChI=1S/C22H28N2O5/c1-14(22-10-15-6-16(11-22)8-17(7-15)12-22)23-20(25)13-29-21(26)9-18-4-2-3-5-19(18)24(27)28/h2-5,14-17H,6-13H2,1H3,(H,23,25)/t14-,15?,16?,17?,22?/m1/s1. The molecule has 4 fully saturated rings. The van der Waals surface area contributed by atoms with Gasteiger partial charge in [-0.25, -0.2) is 0 Å². The molecular formula is C22H28N2O5. The Hall–Kier alpha value is -2.44. The molecule has 5 rings (SSSR count). The number of amides is 1. The van der Waals surface area contributed by atoms with E-state index in [0.717, 1.165) is 17.8 Å². The van der Waals surface area contributed by atoms with E-state index in [1.807, 2.05) is 0 Å². The average Bonchev–Trinajstić information content (AvgIpc) is 2.65. The summed E-state index contributed by atoms with van der Waals surface area (Å²) in [6, 6.07) is 6.12. The smallest absolute Gasteiger partial charge is 0.311 e. The minimum atomic E-state index is -0.642. The highest BCUT2D eigenvalue weighted by Crippen LogP contribution is 2.61. The summed E-state index contributed by atoms with van der Waals surface area (Å²) in [5.41, 5.74) is 0.355. The van der Waals surface area contributed by atoms with Gasteiger partial charge in [0.2, 0.25) is 0 Å². The van der Waals surface area contributed by atoms with Crippen molar-refractivity contribution in [1.29, 1.82) is 0 Å². The highest BCUT2D eigenvalue weighted by Gasteiger charge is 2.53. The lowest BCUT2D eigenvalue weighted by Gasteiger charge is -2.59. The molecule has 4 aliphatic rings. The van der Waals surface area contributed by atoms with Gasteiger partial charge in [-0.15, -0.1) is 0 Å². The van der Waals surface area contributed by atoms with E-state index in [4.69, 9.17) is 4.74 Å². The highest BCUT2D eigenvalue weighted by molar-refractivity contribution is 5.81. The van der Waals surface area contributed by atoms with Crippen molar-refractivity contribution in [3.05, 3.63) is 39.9 Å². The summed E-state index contributed by atoms with van der Waals surface area (Å²) in [4.78, 5) is 35.0. The first-order chi connectivity index (χ1) is 13.8. The molecule has 29 heavy (non-hydrogen) atoms. The van der Waals surface area contributed by atoms with Crippen LogP contribution in [0.1, 0.15) is 51.0 Å². The normalized spacial score (nSPS) is 30.6. The first-order valence-electron chi connectivity index (χ1n) is 10.5. The van der Waals surface area contributed by atoms with Gasteiger partial charge in [0.15, 0.2) is 6.61 Å². The molecule has 156 valence electrons. The van der Waals surface area contributed by atoms with Gasteiger partial charge in [0.1, 0.15) is 0 Å². The van der Waals surface area contributed by atoms with Gasteiger partial charge in [0, 0.05) is 17.7 Å². The lowest BCUT2D eigenvalue weighted by atomic mass is 9.48. The molecule has 4 saturated carbocycles. The van der Waals surface area contributed by atoms with E-state index in [1.165, 1.54) is 50.7 Å². The zero-order chi connectivity index (χ0) is 20.6. The third-order valence-electron chi connectivity index (χ3n) is 7.27. The Balaban J connectivity index is 1.28. The van der Waals surface area contributed by atoms with Crippen molar-refractivity contribution < 1.29 is 19.2 Å². The minimum absolute atomic E-state index is 0.0670. The molecule has 0 heterocycles. The second-order valence-electron chi connectivity index (χ2n) is 9.29. The molecule has 1 atom stereocenters. The minimum Gasteiger partial charge on any atom is -0.455 e. The number of esters is 1. The molecule has 0 aromatic heterocycles. The van der Waals surface area contributed by atoms with Crippen LogP contribution in [0.4, 0.5) is 5.69 Å². The van der Waals surface area contributed by atoms with Crippen molar-refractivity contribution >= 4 is 17.6 Å². The Kier molecular flexibility index (Phi) is 5.32. The van der Waals surface area contributed by atoms with Gasteiger partial charge in [0.05, 0.1) is 11.3 Å². The van der Waals surface area contributed by atoms with Crippen LogP contribution in [0.3, 0.4) is 0 Å². The third-order valence-corrected chi connectivity index (χ3v) is 7.27. The Bertz CT molecular complexity index is 786. The number of nitrogens with one attached hydrogen (secondary N) is 1. The van der Waals surface area contributed by atoms with Crippen molar-refractivity contribution in [2.24, 2.45) is 23.2 Å². The molecule has 4 aliphatic carbocycles. The molecule has 0 aliphatic heterocycles. The molecule has 0 unspecified atom stereocenters. The maximum absolute atomic E-state index is 12.4. The fourth-order valence-corrected chi connectivity index (χ4v) is 6.34. The number of nitro benzene ring substituents is 1. The number of carbonyl (C=O) groups excluding carboxylic acids is 2. The lowest BCUT2D eigenvalue weighted by molar-refractivity contribution is -0.385. The van der Waals surface area contributed by atoms with Crippen LogP contribution >= 0.6 is 0 Å². The molecule has 0 radical (unpaired) electrons. The van der Waals surface area contributed by atoms with E-state index in [-0.39, 0.29) is 41.6 Å². The average molecular weight is 400 g/mol. The Morgan fingerprint density at radius 2 is 1.76 bits per heavy atom. The summed E-state index contributed by atoms with van der Waals surface area (Å²) in [6.45, 7) is 1.73. The molecule has 1 aromatic rings. The molecule has 1 N–H and O–H groups in total. The van der Waals surface area contributed by atoms with Gasteiger partial charge in [-0.3, -0.25) is 19.7 Å². The number of para-hydroxylation sites is 1. The maximum Gasteiger partial charge on any atom is 0.311 e. The van der Waals surface area contributed by atoms with Crippen molar-refractivity contribution in [3.8, 4) is 0 Å². The largest absolute Gasteiger partial charge is 0.455 e. The number of carbonyl (C=O) groups is 2. The van der Waals surface area contributed by atoms with E-state index in [0.29, 0.717) is 0 Å². The Morgan fingerprint density at radius 3 is 2.34 bits per heavy atom. The fraction of sp³-hybridized carbons (Fsp3) is 0.636. The zero-order valence-electron chi connectivity index (χ0n) is 16.8. The predicted octanol–water partition coefficient (Wildman–Crippen LogP) is 3.40. The van der Waals surface area contributed by atoms with E-state index in [2.05, 4.69) is 12.2 Å². The van der Waals surface area contributed by atoms with Crippen LogP contribution in [0.15, 0.2) is 24.3 Å². The van der Waals surface area contributed by atoms with Crippen molar-refractivity contribution in [2.75, 3.05) is 6.61 Å². The summed E-state index contributed by atoms with van der Waals surface area (Å²) >= 11 is 0. The third kappa shape index (κ3) is 4.14. The number of rotatable bonds is 7. The summed E-state index contributed by atoms with van der Waals surface area (Å²) in [7, 11) is 0. The molecule has 0 saturated heterocycles. The van der Waals surface area contributed by atoms with E-state index in [9.17, 15) is 19.7 Å². The van der Waals surface area contributed by atoms with Gasteiger partial charge in [0.25, 0.3) is 11.6 Å². The van der Waals surface area contributed by atoms with Gasteiger partial charge in [-0.1, -0.05) is 18.2 Å². The van der Waals surface area contributed by atoms with Gasteiger partial charge < -0.3 is 10.1 Å². The molecule has 7 heteroatoms. The quantitative estimate of drug-likeness (QED) is 0.430.